The molecule has 1 aliphatic heterocycles. The second-order valence-electron chi connectivity index (χ2n) is 4.86. The first-order valence-corrected chi connectivity index (χ1v) is 6.85. The van der Waals surface area contributed by atoms with Crippen molar-refractivity contribution in [2.24, 2.45) is 5.73 Å². The fourth-order valence-electron chi connectivity index (χ4n) is 2.22. The Morgan fingerprint density at radius 3 is 2.80 bits per heavy atom. The summed E-state index contributed by atoms with van der Waals surface area (Å²) in [5, 5.41) is 3.87. The highest BCUT2D eigenvalue weighted by molar-refractivity contribution is 5.58. The van der Waals surface area contributed by atoms with Gasteiger partial charge in [0.25, 0.3) is 0 Å². The molecule has 1 unspecified atom stereocenters. The lowest BCUT2D eigenvalue weighted by molar-refractivity contribution is 0.0679. The summed E-state index contributed by atoms with van der Waals surface area (Å²) in [4.78, 5) is 0. The molecule has 0 radical (unpaired) electrons. The molecular weight excluding hydrogens is 256 g/mol. The molecule has 1 atom stereocenters. The highest BCUT2D eigenvalue weighted by atomic mass is 16.5. The number of hydrogen-bond acceptors (Lipinski definition) is 5. The van der Waals surface area contributed by atoms with E-state index >= 15 is 0 Å². The zero-order valence-corrected chi connectivity index (χ0v) is 11.2. The van der Waals surface area contributed by atoms with Gasteiger partial charge in [0.15, 0.2) is 5.76 Å². The van der Waals surface area contributed by atoms with Gasteiger partial charge >= 0.3 is 0 Å². The predicted octanol–water partition coefficient (Wildman–Crippen LogP) is 2.36. The largest absolute Gasteiger partial charge is 0.491 e. The van der Waals surface area contributed by atoms with Gasteiger partial charge in [-0.15, -0.1) is 0 Å². The van der Waals surface area contributed by atoms with Crippen LogP contribution in [-0.2, 0) is 11.3 Å². The molecule has 106 valence electrons. The first kappa shape index (κ1) is 13.1. The average molecular weight is 274 g/mol. The zero-order valence-electron chi connectivity index (χ0n) is 11.2. The molecule has 2 heterocycles. The smallest absolute Gasteiger partial charge is 0.167 e. The summed E-state index contributed by atoms with van der Waals surface area (Å²) in [5.74, 6) is 1.55. The van der Waals surface area contributed by atoms with Crippen molar-refractivity contribution >= 4 is 0 Å². The summed E-state index contributed by atoms with van der Waals surface area (Å²) in [6.45, 7) is 1.84. The van der Waals surface area contributed by atoms with Gasteiger partial charge in [-0.25, -0.2) is 0 Å². The second kappa shape index (κ2) is 6.07. The van der Waals surface area contributed by atoms with E-state index in [1.807, 2.05) is 30.3 Å². The van der Waals surface area contributed by atoms with Gasteiger partial charge in [0.05, 0.1) is 11.8 Å². The Morgan fingerprint density at radius 1 is 1.30 bits per heavy atom. The van der Waals surface area contributed by atoms with E-state index in [2.05, 4.69) is 5.16 Å². The van der Waals surface area contributed by atoms with Crippen molar-refractivity contribution in [3.05, 3.63) is 36.0 Å². The van der Waals surface area contributed by atoms with Crippen LogP contribution in [0.4, 0.5) is 0 Å². The highest BCUT2D eigenvalue weighted by Crippen LogP contribution is 2.23. The first-order valence-electron chi connectivity index (χ1n) is 6.85. The van der Waals surface area contributed by atoms with Crippen LogP contribution in [0.25, 0.3) is 11.3 Å². The van der Waals surface area contributed by atoms with E-state index in [0.29, 0.717) is 13.2 Å². The molecule has 1 aromatic heterocycles. The molecule has 5 nitrogen and oxygen atoms in total. The van der Waals surface area contributed by atoms with E-state index in [9.17, 15) is 0 Å². The molecular formula is C15H18N2O3. The van der Waals surface area contributed by atoms with E-state index in [1.54, 1.807) is 0 Å². The van der Waals surface area contributed by atoms with E-state index in [0.717, 1.165) is 42.2 Å². The third-order valence-corrected chi connectivity index (χ3v) is 3.37. The Morgan fingerprint density at radius 2 is 2.15 bits per heavy atom. The van der Waals surface area contributed by atoms with E-state index in [4.69, 9.17) is 19.7 Å². The topological polar surface area (TPSA) is 70.5 Å². The van der Waals surface area contributed by atoms with Crippen molar-refractivity contribution in [2.45, 2.75) is 25.5 Å². The SMILES string of the molecule is NCc1cc(-c2ccc(OCC3CCCO3)cc2)on1. The zero-order chi connectivity index (χ0) is 13.8. The average Bonchev–Trinajstić information content (AvgIpc) is 3.17. The molecule has 20 heavy (non-hydrogen) atoms. The van der Waals surface area contributed by atoms with Gasteiger partial charge in [-0.05, 0) is 37.1 Å². The van der Waals surface area contributed by atoms with Gasteiger partial charge in [-0.3, -0.25) is 0 Å². The van der Waals surface area contributed by atoms with Gasteiger partial charge in [0.2, 0.25) is 0 Å². The Labute approximate surface area is 117 Å². The number of benzene rings is 1. The summed E-state index contributed by atoms with van der Waals surface area (Å²) in [5.41, 5.74) is 7.22. The predicted molar refractivity (Wildman–Crippen MR) is 74.3 cm³/mol. The van der Waals surface area contributed by atoms with Gasteiger partial charge in [0.1, 0.15) is 12.4 Å². The van der Waals surface area contributed by atoms with Gasteiger partial charge < -0.3 is 19.7 Å². The summed E-state index contributed by atoms with van der Waals surface area (Å²) in [6, 6.07) is 9.60. The van der Waals surface area contributed by atoms with Crippen LogP contribution < -0.4 is 10.5 Å². The summed E-state index contributed by atoms with van der Waals surface area (Å²) in [7, 11) is 0. The lowest BCUT2D eigenvalue weighted by Crippen LogP contribution is -2.16. The Balaban J connectivity index is 1.61. The third kappa shape index (κ3) is 3.00. The lowest BCUT2D eigenvalue weighted by atomic mass is 10.1. The minimum atomic E-state index is 0.232. The van der Waals surface area contributed by atoms with Crippen molar-refractivity contribution in [3.63, 3.8) is 0 Å². The number of aromatic nitrogens is 1. The molecule has 1 fully saturated rings. The maximum atomic E-state index is 5.72. The molecule has 1 saturated heterocycles. The Bertz CT molecular complexity index is 545. The van der Waals surface area contributed by atoms with Crippen molar-refractivity contribution in [3.8, 4) is 17.1 Å². The fraction of sp³-hybridized carbons (Fsp3) is 0.400. The second-order valence-corrected chi connectivity index (χ2v) is 4.86. The van der Waals surface area contributed by atoms with E-state index in [-0.39, 0.29) is 6.10 Å². The molecule has 1 aromatic carbocycles. The molecule has 3 rings (SSSR count). The molecule has 0 bridgehead atoms. The van der Waals surface area contributed by atoms with Crippen LogP contribution in [0.15, 0.2) is 34.9 Å². The maximum absolute atomic E-state index is 5.72. The van der Waals surface area contributed by atoms with Gasteiger partial charge in [-0.2, -0.15) is 0 Å². The first-order chi connectivity index (χ1) is 9.85. The monoisotopic (exact) mass is 274 g/mol. The lowest BCUT2D eigenvalue weighted by Gasteiger charge is -2.11. The van der Waals surface area contributed by atoms with Crippen molar-refractivity contribution in [1.82, 2.24) is 5.16 Å². The fourth-order valence-corrected chi connectivity index (χ4v) is 2.22. The van der Waals surface area contributed by atoms with Crippen molar-refractivity contribution in [2.75, 3.05) is 13.2 Å². The van der Waals surface area contributed by atoms with Crippen LogP contribution in [0.2, 0.25) is 0 Å². The third-order valence-electron chi connectivity index (χ3n) is 3.37. The normalized spacial score (nSPS) is 18.4. The molecule has 2 N–H and O–H groups in total. The van der Waals surface area contributed by atoms with Crippen LogP contribution in [0.3, 0.4) is 0 Å². The van der Waals surface area contributed by atoms with Crippen LogP contribution in [0.1, 0.15) is 18.5 Å². The number of hydrogen-bond donors (Lipinski definition) is 1. The number of rotatable bonds is 5. The van der Waals surface area contributed by atoms with Crippen LogP contribution in [0, 0.1) is 0 Å². The van der Waals surface area contributed by atoms with Gasteiger partial charge in [0, 0.05) is 24.8 Å². The molecule has 0 aliphatic carbocycles. The van der Waals surface area contributed by atoms with E-state index < -0.39 is 0 Å². The Hall–Kier alpha value is -1.85. The summed E-state index contributed by atoms with van der Waals surface area (Å²) in [6.07, 6.45) is 2.44. The molecule has 2 aromatic rings. The summed E-state index contributed by atoms with van der Waals surface area (Å²) >= 11 is 0. The summed E-state index contributed by atoms with van der Waals surface area (Å²) < 4.78 is 16.5. The molecule has 0 spiro atoms. The van der Waals surface area contributed by atoms with Crippen LogP contribution in [-0.4, -0.2) is 24.5 Å². The highest BCUT2D eigenvalue weighted by Gasteiger charge is 2.16. The molecule has 0 amide bonds. The number of nitrogens with two attached hydrogens (primary N) is 1. The van der Waals surface area contributed by atoms with Crippen LogP contribution >= 0.6 is 0 Å². The van der Waals surface area contributed by atoms with Gasteiger partial charge in [-0.1, -0.05) is 5.16 Å². The Kier molecular flexibility index (Phi) is 3.99. The van der Waals surface area contributed by atoms with Crippen molar-refractivity contribution < 1.29 is 14.0 Å². The molecule has 0 saturated carbocycles. The van der Waals surface area contributed by atoms with Crippen molar-refractivity contribution in [1.29, 1.82) is 0 Å². The van der Waals surface area contributed by atoms with E-state index in [1.165, 1.54) is 0 Å². The van der Waals surface area contributed by atoms with Crippen LogP contribution in [0.5, 0.6) is 5.75 Å². The molecule has 1 aliphatic rings. The molecule has 5 heteroatoms. The maximum Gasteiger partial charge on any atom is 0.167 e. The number of nitrogens with zero attached hydrogens (tertiary/aromatic N) is 1. The minimum Gasteiger partial charge on any atom is -0.491 e. The number of ether oxygens (including phenoxy) is 2. The minimum absolute atomic E-state index is 0.232. The standard InChI is InChI=1S/C15H18N2O3/c16-9-12-8-15(20-17-12)11-3-5-13(6-4-11)19-10-14-2-1-7-18-14/h3-6,8,14H,1-2,7,9-10,16H2. The quantitative estimate of drug-likeness (QED) is 0.906.